The molecule has 1 aliphatic heterocycles. The molecule has 1 rings (SSSR count). The lowest BCUT2D eigenvalue weighted by molar-refractivity contribution is -0.147. The molecule has 0 saturated carbocycles. The van der Waals surface area contributed by atoms with Gasteiger partial charge in [0.2, 0.25) is 0 Å². The number of allylic oxidation sites excluding steroid dienone is 1. The van der Waals surface area contributed by atoms with Crippen LogP contribution in [0, 0.1) is 5.41 Å². The van der Waals surface area contributed by atoms with Gasteiger partial charge in [0.05, 0.1) is 11.5 Å². The molecule has 25 heavy (non-hydrogen) atoms. The minimum atomic E-state index is -0.859. The van der Waals surface area contributed by atoms with Crippen LogP contribution in [0.1, 0.15) is 91.9 Å². The fraction of sp³-hybridized carbons (Fsp3) is 0.857. The number of carboxylic acid groups (broad SMARTS) is 1. The summed E-state index contributed by atoms with van der Waals surface area (Å²) in [6.07, 6.45) is 14.6. The van der Waals surface area contributed by atoms with Gasteiger partial charge >= 0.3 is 5.97 Å². The molecule has 4 heteroatoms. The normalized spacial score (nSPS) is 22.9. The summed E-state index contributed by atoms with van der Waals surface area (Å²) in [6.45, 7) is 7.60. The van der Waals surface area contributed by atoms with Gasteiger partial charge in [-0.3, -0.25) is 4.79 Å². The van der Waals surface area contributed by atoms with Crippen molar-refractivity contribution in [3.8, 4) is 0 Å². The van der Waals surface area contributed by atoms with Crippen molar-refractivity contribution in [3.63, 3.8) is 0 Å². The van der Waals surface area contributed by atoms with Gasteiger partial charge in [-0.2, -0.15) is 0 Å². The number of unbranched alkanes of at least 4 members (excludes halogenated alkanes) is 6. The highest BCUT2D eigenvalue weighted by atomic mass is 16.6. The summed E-state index contributed by atoms with van der Waals surface area (Å²) in [6, 6.07) is 0. The standard InChI is InChI=1S/C21H38O4/c1-5-6-7-9-13-16-21(4,24)18-17(25-18)14-11-8-10-12-15-20(2,3)19(22)23/h13,16-18,24H,5-12,14-15H2,1-4H3,(H,22,23)/b16-13-. The number of carboxylic acids is 1. The van der Waals surface area contributed by atoms with E-state index in [2.05, 4.69) is 13.0 Å². The number of rotatable bonds is 14. The molecule has 1 heterocycles. The first kappa shape index (κ1) is 22.2. The van der Waals surface area contributed by atoms with Gasteiger partial charge in [0, 0.05) is 0 Å². The molecule has 0 bridgehead atoms. The first-order chi connectivity index (χ1) is 11.7. The fourth-order valence-corrected chi connectivity index (χ4v) is 3.18. The molecule has 146 valence electrons. The van der Waals surface area contributed by atoms with Crippen molar-refractivity contribution in [1.29, 1.82) is 0 Å². The van der Waals surface area contributed by atoms with Crippen LogP contribution in [0.3, 0.4) is 0 Å². The molecule has 3 unspecified atom stereocenters. The van der Waals surface area contributed by atoms with Gasteiger partial charge in [-0.25, -0.2) is 0 Å². The van der Waals surface area contributed by atoms with Gasteiger partial charge in [0.1, 0.15) is 11.7 Å². The van der Waals surface area contributed by atoms with Crippen LogP contribution >= 0.6 is 0 Å². The van der Waals surface area contributed by atoms with Crippen molar-refractivity contribution in [1.82, 2.24) is 0 Å². The molecule has 0 radical (unpaired) electrons. The SMILES string of the molecule is CCCCC/C=C\C(C)(O)C1OC1CCCCCCC(C)(C)C(=O)O. The van der Waals surface area contributed by atoms with E-state index in [-0.39, 0.29) is 12.2 Å². The van der Waals surface area contributed by atoms with E-state index in [1.807, 2.05) is 13.0 Å². The number of ether oxygens (including phenoxy) is 1. The fourth-order valence-electron chi connectivity index (χ4n) is 3.18. The first-order valence-corrected chi connectivity index (χ1v) is 9.99. The number of aliphatic carboxylic acids is 1. The lowest BCUT2D eigenvalue weighted by Gasteiger charge is -2.18. The molecule has 3 atom stereocenters. The average molecular weight is 355 g/mol. The van der Waals surface area contributed by atoms with Crippen LogP contribution < -0.4 is 0 Å². The van der Waals surface area contributed by atoms with E-state index in [4.69, 9.17) is 9.84 Å². The second-order valence-corrected chi connectivity index (χ2v) is 8.36. The quantitative estimate of drug-likeness (QED) is 0.259. The molecule has 4 nitrogen and oxygen atoms in total. The number of hydrogen-bond acceptors (Lipinski definition) is 3. The first-order valence-electron chi connectivity index (χ1n) is 9.99. The Bertz CT molecular complexity index is 426. The topological polar surface area (TPSA) is 70.1 Å². The van der Waals surface area contributed by atoms with Gasteiger partial charge in [0.15, 0.2) is 0 Å². The molecular weight excluding hydrogens is 316 g/mol. The van der Waals surface area contributed by atoms with E-state index in [1.165, 1.54) is 19.3 Å². The Labute approximate surface area is 153 Å². The third-order valence-corrected chi connectivity index (χ3v) is 5.21. The maximum atomic E-state index is 11.0. The Morgan fingerprint density at radius 3 is 2.40 bits per heavy atom. The number of hydrogen-bond donors (Lipinski definition) is 2. The summed E-state index contributed by atoms with van der Waals surface area (Å²) < 4.78 is 5.67. The highest BCUT2D eigenvalue weighted by Crippen LogP contribution is 2.37. The largest absolute Gasteiger partial charge is 0.481 e. The molecule has 0 aliphatic carbocycles. The highest BCUT2D eigenvalue weighted by Gasteiger charge is 2.49. The summed E-state index contributed by atoms with van der Waals surface area (Å²) >= 11 is 0. The molecule has 0 aromatic carbocycles. The summed E-state index contributed by atoms with van der Waals surface area (Å²) in [5.41, 5.74) is -1.48. The van der Waals surface area contributed by atoms with Crippen molar-refractivity contribution in [2.24, 2.45) is 5.41 Å². The van der Waals surface area contributed by atoms with Crippen LogP contribution in [0.2, 0.25) is 0 Å². The molecule has 0 amide bonds. The Morgan fingerprint density at radius 1 is 1.08 bits per heavy atom. The lowest BCUT2D eigenvalue weighted by Crippen LogP contribution is -2.30. The second kappa shape index (κ2) is 10.3. The Morgan fingerprint density at radius 2 is 1.76 bits per heavy atom. The van der Waals surface area contributed by atoms with Crippen molar-refractivity contribution in [2.75, 3.05) is 0 Å². The summed E-state index contributed by atoms with van der Waals surface area (Å²) in [5.74, 6) is -0.716. The van der Waals surface area contributed by atoms with Crippen LogP contribution in [0.25, 0.3) is 0 Å². The summed E-state index contributed by atoms with van der Waals surface area (Å²) in [5, 5.41) is 19.6. The van der Waals surface area contributed by atoms with Gasteiger partial charge in [-0.1, -0.05) is 57.6 Å². The van der Waals surface area contributed by atoms with Gasteiger partial charge < -0.3 is 14.9 Å². The molecule has 2 N–H and O–H groups in total. The zero-order chi connectivity index (χ0) is 18.9. The van der Waals surface area contributed by atoms with Crippen LogP contribution in [0.15, 0.2) is 12.2 Å². The number of epoxide rings is 1. The minimum Gasteiger partial charge on any atom is -0.481 e. The van der Waals surface area contributed by atoms with Crippen molar-refractivity contribution in [2.45, 2.75) is 110 Å². The molecule has 0 aromatic rings. The predicted molar refractivity (Wildman–Crippen MR) is 102 cm³/mol. The predicted octanol–water partition coefficient (Wildman–Crippen LogP) is 5.09. The number of aliphatic hydroxyl groups is 1. The van der Waals surface area contributed by atoms with Crippen LogP contribution in [-0.4, -0.2) is 34.0 Å². The van der Waals surface area contributed by atoms with Crippen LogP contribution in [0.5, 0.6) is 0 Å². The van der Waals surface area contributed by atoms with Crippen LogP contribution in [0.4, 0.5) is 0 Å². The molecule has 0 aromatic heterocycles. The third-order valence-electron chi connectivity index (χ3n) is 5.21. The van der Waals surface area contributed by atoms with E-state index < -0.39 is 17.0 Å². The zero-order valence-electron chi connectivity index (χ0n) is 16.6. The zero-order valence-corrected chi connectivity index (χ0v) is 16.6. The van der Waals surface area contributed by atoms with Gasteiger partial charge in [0.25, 0.3) is 0 Å². The third kappa shape index (κ3) is 8.37. The Kier molecular flexibility index (Phi) is 9.15. The Hall–Kier alpha value is -0.870. The van der Waals surface area contributed by atoms with Crippen molar-refractivity contribution >= 4 is 5.97 Å². The van der Waals surface area contributed by atoms with Crippen molar-refractivity contribution in [3.05, 3.63) is 12.2 Å². The second-order valence-electron chi connectivity index (χ2n) is 8.36. The van der Waals surface area contributed by atoms with E-state index in [0.717, 1.165) is 44.9 Å². The van der Waals surface area contributed by atoms with E-state index in [9.17, 15) is 9.90 Å². The van der Waals surface area contributed by atoms with Crippen molar-refractivity contribution < 1.29 is 19.7 Å². The maximum Gasteiger partial charge on any atom is 0.309 e. The molecular formula is C21H38O4. The minimum absolute atomic E-state index is 0.0686. The average Bonchev–Trinajstić information content (AvgIpc) is 3.31. The van der Waals surface area contributed by atoms with E-state index >= 15 is 0 Å². The van der Waals surface area contributed by atoms with Crippen LogP contribution in [-0.2, 0) is 9.53 Å². The molecule has 1 saturated heterocycles. The summed E-state index contributed by atoms with van der Waals surface area (Å²) in [4.78, 5) is 11.0. The summed E-state index contributed by atoms with van der Waals surface area (Å²) in [7, 11) is 0. The Balaban J connectivity index is 2.11. The monoisotopic (exact) mass is 354 g/mol. The van der Waals surface area contributed by atoms with Gasteiger partial charge in [-0.05, 0) is 46.5 Å². The highest BCUT2D eigenvalue weighted by molar-refractivity contribution is 5.73. The van der Waals surface area contributed by atoms with Gasteiger partial charge in [-0.15, -0.1) is 0 Å². The molecule has 1 fully saturated rings. The molecule has 1 aliphatic rings. The number of carbonyl (C=O) groups is 1. The lowest BCUT2D eigenvalue weighted by atomic mass is 9.87. The smallest absolute Gasteiger partial charge is 0.309 e. The van der Waals surface area contributed by atoms with E-state index in [0.29, 0.717) is 0 Å². The van der Waals surface area contributed by atoms with E-state index in [1.54, 1.807) is 13.8 Å². The maximum absolute atomic E-state index is 11.0. The molecule has 0 spiro atoms.